The van der Waals surface area contributed by atoms with Gasteiger partial charge in [0.1, 0.15) is 0 Å². The predicted octanol–water partition coefficient (Wildman–Crippen LogP) is -10.6. The van der Waals surface area contributed by atoms with Crippen molar-refractivity contribution in [3.63, 3.8) is 0 Å². The molecule has 20 heavy (non-hydrogen) atoms. The Balaban J connectivity index is -0.000000116. The van der Waals surface area contributed by atoms with Crippen molar-refractivity contribution in [3.05, 3.63) is 0 Å². The maximum absolute atomic E-state index is 9.53. The van der Waals surface area contributed by atoms with E-state index < -0.39 is 54.5 Å². The topological polar surface area (TPSA) is 242 Å². The Kier molecular flexibility index (Phi) is 18.8. The molecule has 0 atom stereocenters. The summed E-state index contributed by atoms with van der Waals surface area (Å²) in [4.78, 5) is 0. The standard InChI is InChI=1S/4Cr.2K.2H2O.12O/h;;;;;;2*1H2;;;;;;;;;;;;/q;;4*+1;;;;;;;;;;;;;2*-1/p-2. The molecule has 0 aromatic heterocycles. The molecule has 0 spiro atoms. The second-order valence-corrected chi connectivity index (χ2v) is 9.21. The molecule has 0 aromatic rings. The van der Waals surface area contributed by atoms with Gasteiger partial charge in [-0.3, -0.25) is 0 Å². The fourth-order valence-electron chi connectivity index (χ4n) is 0.211. The van der Waals surface area contributed by atoms with Crippen LogP contribution in [0.2, 0.25) is 0 Å². The molecule has 0 bridgehead atoms. The van der Waals surface area contributed by atoms with Crippen LogP contribution in [-0.4, -0.2) is 8.32 Å². The van der Waals surface area contributed by atoms with Crippen molar-refractivity contribution in [2.45, 2.75) is 0 Å². The SMILES string of the molecule is [K+].[K+].[O]=[Cr](=[O])([O-])[O][Cr](=[O])(=[O])[O-].[O]=[Cr](=[O])([OH])[O][Cr](=[O])(=[O])[OH]. The van der Waals surface area contributed by atoms with E-state index in [4.69, 9.17) is 8.32 Å². The summed E-state index contributed by atoms with van der Waals surface area (Å²) >= 11 is -23.7. The van der Waals surface area contributed by atoms with Gasteiger partial charge in [-0.25, -0.2) is 0 Å². The third-order valence-electron chi connectivity index (χ3n) is 0.339. The molecule has 0 amide bonds. The van der Waals surface area contributed by atoms with E-state index >= 15 is 0 Å². The first-order chi connectivity index (χ1) is 7.41. The van der Waals surface area contributed by atoms with Crippen molar-refractivity contribution in [2.75, 3.05) is 0 Å². The van der Waals surface area contributed by atoms with Gasteiger partial charge in [0.15, 0.2) is 0 Å². The Morgan fingerprint density at radius 1 is 0.600 bits per heavy atom. The number of rotatable bonds is 4. The van der Waals surface area contributed by atoms with E-state index in [2.05, 4.69) is 5.68 Å². The van der Waals surface area contributed by atoms with E-state index in [9.17, 15) is 38.7 Å². The summed E-state index contributed by atoms with van der Waals surface area (Å²) in [6.45, 7) is 0. The van der Waals surface area contributed by atoms with Crippen LogP contribution < -0.4 is 111 Å². The Hall–Kier alpha value is 3.56. The van der Waals surface area contributed by atoms with Gasteiger partial charge in [0.05, 0.1) is 0 Å². The van der Waals surface area contributed by atoms with Crippen molar-refractivity contribution >= 4 is 0 Å². The summed E-state index contributed by atoms with van der Waals surface area (Å²) in [7, 11) is 0. The Morgan fingerprint density at radius 3 is 0.800 bits per heavy atom. The molecule has 112 valence electrons. The Labute approximate surface area is 205 Å². The van der Waals surface area contributed by atoms with Crippen molar-refractivity contribution in [3.8, 4) is 0 Å². The molecular weight excluding hydrogens is 510 g/mol. The fourth-order valence-corrected chi connectivity index (χ4v) is 3.58. The van der Waals surface area contributed by atoms with Gasteiger partial charge < -0.3 is 0 Å². The van der Waals surface area contributed by atoms with Gasteiger partial charge in [-0.05, 0) is 0 Å². The molecule has 0 aliphatic rings. The van der Waals surface area contributed by atoms with E-state index in [0.717, 1.165) is 0 Å². The summed E-state index contributed by atoms with van der Waals surface area (Å²) in [5.41, 5.74) is 0. The van der Waals surface area contributed by atoms with Crippen molar-refractivity contribution in [1.29, 1.82) is 0 Å². The van der Waals surface area contributed by atoms with Crippen molar-refractivity contribution in [2.24, 2.45) is 0 Å². The normalized spacial score (nSPS) is 12.2. The minimum atomic E-state index is -6.07. The van der Waals surface area contributed by atoms with Gasteiger partial charge in [0.2, 0.25) is 0 Å². The van der Waals surface area contributed by atoms with E-state index in [1.165, 1.54) is 0 Å². The van der Waals surface area contributed by atoms with Gasteiger partial charge in [0, 0.05) is 0 Å². The minimum absolute atomic E-state index is 0. The second-order valence-electron chi connectivity index (χ2n) is 1.81. The molecule has 0 aromatic carbocycles. The van der Waals surface area contributed by atoms with Crippen LogP contribution in [0.4, 0.5) is 0 Å². The van der Waals surface area contributed by atoms with Gasteiger partial charge in [-0.15, -0.1) is 0 Å². The zero-order valence-electron chi connectivity index (χ0n) is 9.43. The van der Waals surface area contributed by atoms with Crippen molar-refractivity contribution < 1.29 is 210 Å². The molecule has 0 saturated heterocycles. The summed E-state index contributed by atoms with van der Waals surface area (Å²) in [5.74, 6) is 0. The van der Waals surface area contributed by atoms with Crippen LogP contribution in [0.25, 0.3) is 0 Å². The number of hydrogen-bond acceptors (Lipinski definition) is 12. The summed E-state index contributed by atoms with van der Waals surface area (Å²) in [5, 5.41) is 0. The third-order valence-corrected chi connectivity index (χ3v) is 5.76. The molecule has 14 nitrogen and oxygen atoms in total. The summed E-state index contributed by atoms with van der Waals surface area (Å²) < 4.78 is 115. The van der Waals surface area contributed by atoms with Crippen LogP contribution in [0, 0.1) is 0 Å². The van der Waals surface area contributed by atoms with Crippen LogP contribution in [0.3, 0.4) is 0 Å². The molecule has 0 unspecified atom stereocenters. The van der Waals surface area contributed by atoms with Crippen molar-refractivity contribution in [1.82, 2.24) is 0 Å². The molecule has 2 N–H and O–H groups in total. The molecule has 0 heterocycles. The molecule has 20 heteroatoms. The van der Waals surface area contributed by atoms with Crippen LogP contribution >= 0.6 is 0 Å². The first-order valence-corrected chi connectivity index (χ1v) is 11.1. The molecule has 0 rings (SSSR count). The fraction of sp³-hybridized carbons (Fsp3) is 0. The molecule has 0 fully saturated rings. The quantitative estimate of drug-likeness (QED) is 0.333. The average molecular weight is 512 g/mol. The summed E-state index contributed by atoms with van der Waals surface area (Å²) in [6, 6.07) is 0. The van der Waals surface area contributed by atoms with Crippen LogP contribution in [0.5, 0.6) is 0 Å². The first kappa shape index (κ1) is 31.3. The molecule has 0 saturated carbocycles. The van der Waals surface area contributed by atoms with Gasteiger partial charge >= 0.3 is 210 Å². The number of hydrogen-bond donors (Lipinski definition) is 2. The predicted molar refractivity (Wildman–Crippen MR) is 12.1 cm³/mol. The maximum atomic E-state index is 9.53. The van der Waals surface area contributed by atoms with Gasteiger partial charge in [-0.2, -0.15) is 0 Å². The zero-order chi connectivity index (χ0) is 15.4. The molecular formula is H2Cr4K2O14. The van der Waals surface area contributed by atoms with Crippen LogP contribution in [0.1, 0.15) is 0 Å². The van der Waals surface area contributed by atoms with E-state index in [0.29, 0.717) is 0 Å². The first-order valence-electron chi connectivity index (χ1n) is 2.70. The molecule has 0 aliphatic carbocycles. The van der Waals surface area contributed by atoms with Gasteiger partial charge in [-0.1, -0.05) is 0 Å². The Morgan fingerprint density at radius 2 is 0.800 bits per heavy atom. The molecule has 0 radical (unpaired) electrons. The van der Waals surface area contributed by atoms with E-state index in [1.807, 2.05) is 0 Å². The van der Waals surface area contributed by atoms with E-state index in [1.54, 1.807) is 0 Å². The zero-order valence-corrected chi connectivity index (χ0v) is 20.8. The van der Waals surface area contributed by atoms with Gasteiger partial charge in [0.25, 0.3) is 0 Å². The average Bonchev–Trinajstić information content (AvgIpc) is 1.64. The second kappa shape index (κ2) is 12.0. The van der Waals surface area contributed by atoms with E-state index in [-0.39, 0.29) is 103 Å². The molecule has 0 aliphatic heterocycles. The summed E-state index contributed by atoms with van der Waals surface area (Å²) in [6.07, 6.45) is 0. The van der Waals surface area contributed by atoms with Crippen LogP contribution in [0.15, 0.2) is 0 Å². The monoisotopic (exact) mass is 512 g/mol. The third kappa shape index (κ3) is 37.6. The Bertz CT molecular complexity index is 535. The van der Waals surface area contributed by atoms with Crippen LogP contribution in [-0.2, 0) is 90.6 Å².